The van der Waals surface area contributed by atoms with E-state index in [2.05, 4.69) is 41.2 Å². The van der Waals surface area contributed by atoms with Crippen LogP contribution in [0.2, 0.25) is 0 Å². The predicted molar refractivity (Wildman–Crippen MR) is 89.3 cm³/mol. The Bertz CT molecular complexity index is 758. The summed E-state index contributed by atoms with van der Waals surface area (Å²) in [5.74, 6) is 1.39. The van der Waals surface area contributed by atoms with Gasteiger partial charge in [0.25, 0.3) is 0 Å². The van der Waals surface area contributed by atoms with E-state index in [1.54, 1.807) is 25.1 Å². The highest BCUT2D eigenvalue weighted by atomic mass is 32.2. The van der Waals surface area contributed by atoms with E-state index in [0.29, 0.717) is 11.6 Å². The maximum Gasteiger partial charge on any atom is 0.169 e. The van der Waals surface area contributed by atoms with Gasteiger partial charge < -0.3 is 4.74 Å². The maximum absolute atomic E-state index is 5.39. The molecule has 0 saturated carbocycles. The molecule has 0 amide bonds. The fourth-order valence-corrected chi connectivity index (χ4v) is 2.88. The van der Waals surface area contributed by atoms with Gasteiger partial charge >= 0.3 is 0 Å². The van der Waals surface area contributed by atoms with Gasteiger partial charge in [-0.1, -0.05) is 59.8 Å². The Morgan fingerprint density at radius 3 is 2.36 bits per heavy atom. The lowest BCUT2D eigenvalue weighted by Gasteiger charge is -2.09. The number of aromatic nitrogens is 2. The van der Waals surface area contributed by atoms with Crippen molar-refractivity contribution in [3.05, 3.63) is 66.4 Å². The normalized spacial score (nSPS) is 10.5. The zero-order valence-corrected chi connectivity index (χ0v) is 13.3. The molecule has 3 aromatic rings. The molecule has 0 unspecified atom stereocenters. The molecule has 0 aliphatic carbocycles. The number of hydrogen-bond donors (Lipinski definition) is 0. The summed E-state index contributed by atoms with van der Waals surface area (Å²) >= 11 is 1.58. The molecule has 0 aliphatic heterocycles. The Labute approximate surface area is 134 Å². The van der Waals surface area contributed by atoms with Crippen LogP contribution in [0.25, 0.3) is 11.4 Å². The van der Waals surface area contributed by atoms with Crippen molar-refractivity contribution in [2.45, 2.75) is 16.8 Å². The quantitative estimate of drug-likeness (QED) is 0.659. The molecule has 3 nitrogen and oxygen atoms in total. The second kappa shape index (κ2) is 6.62. The van der Waals surface area contributed by atoms with Crippen molar-refractivity contribution >= 4 is 11.8 Å². The zero-order chi connectivity index (χ0) is 15.4. The second-order valence-corrected chi connectivity index (χ2v) is 5.91. The first-order valence-electron chi connectivity index (χ1n) is 6.97. The van der Waals surface area contributed by atoms with Crippen molar-refractivity contribution in [1.82, 2.24) is 9.97 Å². The molecule has 22 heavy (non-hydrogen) atoms. The minimum atomic E-state index is 0.685. The van der Waals surface area contributed by atoms with Crippen molar-refractivity contribution in [1.29, 1.82) is 0 Å². The van der Waals surface area contributed by atoms with Gasteiger partial charge in [-0.25, -0.2) is 9.97 Å². The van der Waals surface area contributed by atoms with E-state index in [0.717, 1.165) is 15.5 Å². The summed E-state index contributed by atoms with van der Waals surface area (Å²) in [6.07, 6.45) is 1.73. The van der Waals surface area contributed by atoms with Crippen LogP contribution in [-0.2, 0) is 0 Å². The molecule has 1 heterocycles. The fourth-order valence-electron chi connectivity index (χ4n) is 2.01. The van der Waals surface area contributed by atoms with Crippen LogP contribution in [0.1, 0.15) is 5.56 Å². The van der Waals surface area contributed by atoms with Crippen molar-refractivity contribution < 1.29 is 4.74 Å². The van der Waals surface area contributed by atoms with Gasteiger partial charge in [0.2, 0.25) is 0 Å². The summed E-state index contributed by atoms with van der Waals surface area (Å²) in [7, 11) is 1.64. The number of hydrogen-bond acceptors (Lipinski definition) is 4. The van der Waals surface area contributed by atoms with Crippen LogP contribution in [0.3, 0.4) is 0 Å². The molecule has 0 bridgehead atoms. The van der Waals surface area contributed by atoms with Gasteiger partial charge in [0, 0.05) is 10.5 Å². The van der Waals surface area contributed by atoms with E-state index in [-0.39, 0.29) is 0 Å². The molecule has 3 rings (SSSR count). The van der Waals surface area contributed by atoms with E-state index in [9.17, 15) is 0 Å². The second-order valence-electron chi connectivity index (χ2n) is 4.85. The Morgan fingerprint density at radius 1 is 0.955 bits per heavy atom. The number of rotatable bonds is 4. The molecule has 2 aromatic carbocycles. The third-order valence-electron chi connectivity index (χ3n) is 3.21. The molecule has 0 fully saturated rings. The Kier molecular flexibility index (Phi) is 4.39. The third-order valence-corrected chi connectivity index (χ3v) is 4.20. The number of methoxy groups -OCH3 is 1. The molecule has 0 N–H and O–H groups in total. The number of nitrogens with zero attached hydrogens (tertiary/aromatic N) is 2. The highest BCUT2D eigenvalue weighted by molar-refractivity contribution is 7.99. The summed E-state index contributed by atoms with van der Waals surface area (Å²) in [4.78, 5) is 10.2. The molecular weight excluding hydrogens is 292 g/mol. The Hall–Kier alpha value is -2.33. The molecule has 0 radical (unpaired) electrons. The molecule has 0 saturated heterocycles. The van der Waals surface area contributed by atoms with E-state index in [4.69, 9.17) is 4.74 Å². The molecule has 0 spiro atoms. The van der Waals surface area contributed by atoms with Crippen LogP contribution in [-0.4, -0.2) is 17.1 Å². The topological polar surface area (TPSA) is 35.0 Å². The van der Waals surface area contributed by atoms with Gasteiger partial charge in [0.05, 0.1) is 13.3 Å². The Balaban J connectivity index is 1.96. The molecule has 1 aromatic heterocycles. The van der Waals surface area contributed by atoms with Gasteiger partial charge in [0.15, 0.2) is 11.6 Å². The standard InChI is InChI=1S/C18H16N2OS/c1-13-8-10-15(11-9-13)22-18-16(21-2)12-19-17(20-18)14-6-4-3-5-7-14/h3-12H,1-2H3. The largest absolute Gasteiger partial charge is 0.492 e. The molecule has 0 aliphatic rings. The van der Waals surface area contributed by atoms with Gasteiger partial charge in [-0.3, -0.25) is 0 Å². The number of benzene rings is 2. The average Bonchev–Trinajstić information content (AvgIpc) is 2.58. The lowest BCUT2D eigenvalue weighted by atomic mass is 10.2. The van der Waals surface area contributed by atoms with Gasteiger partial charge in [-0.2, -0.15) is 0 Å². The monoisotopic (exact) mass is 308 g/mol. The van der Waals surface area contributed by atoms with Crippen LogP contribution < -0.4 is 4.74 Å². The third kappa shape index (κ3) is 3.28. The van der Waals surface area contributed by atoms with Gasteiger partial charge in [-0.05, 0) is 19.1 Å². The molecule has 0 atom stereocenters. The first-order chi connectivity index (χ1) is 10.8. The fraction of sp³-hybridized carbons (Fsp3) is 0.111. The van der Waals surface area contributed by atoms with E-state index in [1.165, 1.54) is 5.56 Å². The first kappa shape index (κ1) is 14.6. The van der Waals surface area contributed by atoms with Crippen molar-refractivity contribution in [2.24, 2.45) is 0 Å². The predicted octanol–water partition coefficient (Wildman–Crippen LogP) is 4.61. The van der Waals surface area contributed by atoms with Crippen molar-refractivity contribution in [3.8, 4) is 17.1 Å². The summed E-state index contributed by atoms with van der Waals surface area (Å²) in [5.41, 5.74) is 2.24. The molecule has 4 heteroatoms. The van der Waals surface area contributed by atoms with Crippen LogP contribution in [0.5, 0.6) is 5.75 Å². The van der Waals surface area contributed by atoms with Crippen molar-refractivity contribution in [3.63, 3.8) is 0 Å². The number of ether oxygens (including phenoxy) is 1. The molecular formula is C18H16N2OS. The van der Waals surface area contributed by atoms with Gasteiger partial charge in [-0.15, -0.1) is 0 Å². The summed E-state index contributed by atoms with van der Waals surface area (Å²) in [6, 6.07) is 18.3. The van der Waals surface area contributed by atoms with Gasteiger partial charge in [0.1, 0.15) is 5.03 Å². The van der Waals surface area contributed by atoms with Crippen molar-refractivity contribution in [2.75, 3.05) is 7.11 Å². The minimum absolute atomic E-state index is 0.685. The zero-order valence-electron chi connectivity index (χ0n) is 12.5. The van der Waals surface area contributed by atoms with Crippen LogP contribution in [0.4, 0.5) is 0 Å². The summed E-state index contributed by atoms with van der Waals surface area (Å²) < 4.78 is 5.39. The first-order valence-corrected chi connectivity index (χ1v) is 7.79. The lowest BCUT2D eigenvalue weighted by molar-refractivity contribution is 0.398. The summed E-state index contributed by atoms with van der Waals surface area (Å²) in [6.45, 7) is 2.08. The Morgan fingerprint density at radius 2 is 1.68 bits per heavy atom. The van der Waals surface area contributed by atoms with E-state index < -0.39 is 0 Å². The highest BCUT2D eigenvalue weighted by Gasteiger charge is 2.10. The van der Waals surface area contributed by atoms with Crippen LogP contribution in [0.15, 0.2) is 70.7 Å². The number of aryl methyl sites for hydroxylation is 1. The smallest absolute Gasteiger partial charge is 0.169 e. The van der Waals surface area contributed by atoms with Crippen LogP contribution >= 0.6 is 11.8 Å². The lowest BCUT2D eigenvalue weighted by Crippen LogP contribution is -1.95. The SMILES string of the molecule is COc1cnc(-c2ccccc2)nc1Sc1ccc(C)cc1. The minimum Gasteiger partial charge on any atom is -0.492 e. The maximum atomic E-state index is 5.39. The summed E-state index contributed by atoms with van der Waals surface area (Å²) in [5, 5.41) is 0.820. The van der Waals surface area contributed by atoms with E-state index in [1.807, 2.05) is 30.3 Å². The average molecular weight is 308 g/mol. The molecule has 110 valence electrons. The van der Waals surface area contributed by atoms with Crippen LogP contribution in [0, 0.1) is 6.92 Å². The van der Waals surface area contributed by atoms with E-state index >= 15 is 0 Å². The highest BCUT2D eigenvalue weighted by Crippen LogP contribution is 2.34.